The molecule has 0 amide bonds. The Bertz CT molecular complexity index is 1720. The summed E-state index contributed by atoms with van der Waals surface area (Å²) in [4.78, 5) is 40.4. The Morgan fingerprint density at radius 2 is 0.891 bits per heavy atom. The van der Waals surface area contributed by atoms with E-state index in [2.05, 4.69) is 38.2 Å². The molecule has 22 nitrogen and oxygen atoms in total. The van der Waals surface area contributed by atoms with E-state index in [-0.39, 0.29) is 70.7 Å². The van der Waals surface area contributed by atoms with E-state index in [4.69, 9.17) is 66.3 Å². The lowest BCUT2D eigenvalue weighted by molar-refractivity contribution is -0.228. The van der Waals surface area contributed by atoms with E-state index >= 15 is 0 Å². The predicted molar refractivity (Wildman–Crippen MR) is 372 cm³/mol. The topological polar surface area (TPSA) is 280 Å². The molecule has 0 heterocycles. The van der Waals surface area contributed by atoms with Crippen LogP contribution in [0.3, 0.4) is 0 Å². The lowest BCUT2D eigenvalue weighted by Gasteiger charge is -2.25. The monoisotopic (exact) mass is 1360 g/mol. The highest BCUT2D eigenvalue weighted by Gasteiger charge is 2.28. The van der Waals surface area contributed by atoms with E-state index in [1.807, 2.05) is 34.6 Å². The molecule has 4 N–H and O–H groups in total. The van der Waals surface area contributed by atoms with E-state index in [1.165, 1.54) is 97.0 Å². The van der Waals surface area contributed by atoms with Crippen LogP contribution in [0.5, 0.6) is 0 Å². The van der Waals surface area contributed by atoms with Gasteiger partial charge in [0.05, 0.1) is 52.9 Å². The van der Waals surface area contributed by atoms with E-state index in [0.717, 1.165) is 77.0 Å². The van der Waals surface area contributed by atoms with E-state index < -0.39 is 48.4 Å². The molecule has 0 aromatic heterocycles. The van der Waals surface area contributed by atoms with Gasteiger partial charge in [0, 0.05) is 59.5 Å². The zero-order valence-electron chi connectivity index (χ0n) is 60.1. The summed E-state index contributed by atoms with van der Waals surface area (Å²) in [5.41, 5.74) is 0. The van der Waals surface area contributed by atoms with Gasteiger partial charge < -0.3 is 72.2 Å². The van der Waals surface area contributed by atoms with Crippen LogP contribution in [-0.4, -0.2) is 194 Å². The van der Waals surface area contributed by atoms with Gasteiger partial charge in [-0.15, -0.1) is 0 Å². The number of unbranched alkanes of at least 4 members (excludes halogenated alkanes) is 23. The SMILES string of the molecule is CB(O)N(C)CCO.CCCCCCCC/C=C/CCCCCCCC(=O)OCC(COP(=O)([O-])OCCCC)OC(=O)CCCCCCC/C=C/CCCCCCCC.CCOCC(CO)OCC.CCOCC(COP(=O)(OC)OCCN(C)B(C)O)OCC. The van der Waals surface area contributed by atoms with E-state index in [9.17, 15) is 28.6 Å². The fourth-order valence-corrected chi connectivity index (χ4v) is 9.96. The summed E-state index contributed by atoms with van der Waals surface area (Å²) in [6, 6.07) is 0. The fourth-order valence-electron chi connectivity index (χ4n) is 8.24. The molecule has 26 heteroatoms. The summed E-state index contributed by atoms with van der Waals surface area (Å²) in [7, 11) is -4.53. The number of hydrogen-bond acceptors (Lipinski definition) is 22. The van der Waals surface area contributed by atoms with Gasteiger partial charge in [-0.05, 0) is 126 Å². The van der Waals surface area contributed by atoms with Gasteiger partial charge in [0.25, 0.3) is 7.82 Å². The van der Waals surface area contributed by atoms with Crippen LogP contribution in [0, 0.1) is 0 Å². The maximum atomic E-state index is 12.6. The van der Waals surface area contributed by atoms with Crippen molar-refractivity contribution in [2.75, 3.05) is 120 Å². The average molecular weight is 1360 g/mol. The highest BCUT2D eigenvalue weighted by molar-refractivity contribution is 7.48. The molecule has 92 heavy (non-hydrogen) atoms. The molecule has 0 spiro atoms. The molecule has 0 radical (unpaired) electrons. The van der Waals surface area contributed by atoms with Crippen molar-refractivity contribution in [1.29, 1.82) is 0 Å². The summed E-state index contributed by atoms with van der Waals surface area (Å²) in [5, 5.41) is 35.1. The van der Waals surface area contributed by atoms with Crippen LogP contribution in [-0.2, 0) is 69.8 Å². The number of nitrogens with zero attached hydrogens (tertiary/aromatic N) is 2. The van der Waals surface area contributed by atoms with E-state index in [1.54, 1.807) is 37.4 Å². The number of phosphoric ester groups is 2. The van der Waals surface area contributed by atoms with Crippen molar-refractivity contribution in [1.82, 2.24) is 9.62 Å². The van der Waals surface area contributed by atoms with Gasteiger partial charge in [-0.1, -0.05) is 154 Å². The smallest absolute Gasteiger partial charge is 0.474 e. The third-order valence-electron chi connectivity index (χ3n) is 14.3. The molecule has 0 fully saturated rings. The van der Waals surface area contributed by atoms with Gasteiger partial charge in [0.15, 0.2) is 6.10 Å². The van der Waals surface area contributed by atoms with Crippen molar-refractivity contribution in [3.05, 3.63) is 24.3 Å². The van der Waals surface area contributed by atoms with Crippen LogP contribution >= 0.6 is 15.6 Å². The molecule has 5 atom stereocenters. The quantitative estimate of drug-likeness (QED) is 0.0145. The molecule has 0 bridgehead atoms. The van der Waals surface area contributed by atoms with Crippen molar-refractivity contribution in [2.24, 2.45) is 0 Å². The van der Waals surface area contributed by atoms with Gasteiger partial charge in [0.1, 0.15) is 18.8 Å². The molecule has 0 rings (SSSR count). The van der Waals surface area contributed by atoms with Crippen LogP contribution < -0.4 is 4.89 Å². The number of carbonyl (C=O) groups excluding carboxylic acids is 2. The fraction of sp³-hybridized carbons (Fsp3) is 0.909. The van der Waals surface area contributed by atoms with Crippen LogP contribution in [0.25, 0.3) is 0 Å². The molecule has 0 saturated carbocycles. The number of hydrogen-bond donors (Lipinski definition) is 4. The van der Waals surface area contributed by atoms with Crippen LogP contribution in [0.1, 0.15) is 241 Å². The third-order valence-corrected chi connectivity index (χ3v) is 16.6. The summed E-state index contributed by atoms with van der Waals surface area (Å²) in [6.45, 7) is 21.0. The Kier molecular flexibility index (Phi) is 77.4. The number of esters is 2. The molecular weight excluding hydrogens is 1220 g/mol. The Balaban J connectivity index is -0.000000778. The second kappa shape index (κ2) is 73.6. The van der Waals surface area contributed by atoms with Gasteiger partial charge >= 0.3 is 33.9 Å². The van der Waals surface area contributed by atoms with Crippen LogP contribution in [0.2, 0.25) is 13.6 Å². The molecule has 0 aliphatic heterocycles. The number of aliphatic hydroxyl groups excluding tert-OH is 2. The molecule has 0 aliphatic carbocycles. The first-order valence-electron chi connectivity index (χ1n) is 35.3. The highest BCUT2D eigenvalue weighted by Crippen LogP contribution is 2.48. The normalized spacial score (nSPS) is 13.8. The summed E-state index contributed by atoms with van der Waals surface area (Å²) in [5.74, 6) is -0.840. The second-order valence-corrected chi connectivity index (χ2v) is 25.9. The number of ether oxygens (including phenoxy) is 6. The van der Waals surface area contributed by atoms with Crippen LogP contribution in [0.4, 0.5) is 0 Å². The van der Waals surface area contributed by atoms with Crippen molar-refractivity contribution in [3.63, 3.8) is 0 Å². The van der Waals surface area contributed by atoms with Crippen molar-refractivity contribution in [2.45, 2.75) is 273 Å². The first-order chi connectivity index (χ1) is 44.2. The molecule has 0 saturated heterocycles. The largest absolute Gasteiger partial charge is 0.756 e. The Hall–Kier alpha value is -1.63. The van der Waals surface area contributed by atoms with Gasteiger partial charge in [0.2, 0.25) is 0 Å². The summed E-state index contributed by atoms with van der Waals surface area (Å²) < 4.78 is 81.3. The van der Waals surface area contributed by atoms with Gasteiger partial charge in [-0.25, -0.2) is 4.57 Å². The number of phosphoric acid groups is 2. The summed E-state index contributed by atoms with van der Waals surface area (Å²) in [6.07, 6.45) is 40.1. The zero-order chi connectivity index (χ0) is 69.6. The Morgan fingerprint density at radius 1 is 0.478 bits per heavy atom. The lowest BCUT2D eigenvalue weighted by Crippen LogP contribution is -2.35. The zero-order valence-corrected chi connectivity index (χ0v) is 61.9. The predicted octanol–water partition coefficient (Wildman–Crippen LogP) is 13.5. The molecule has 0 aliphatic rings. The van der Waals surface area contributed by atoms with Crippen molar-refractivity contribution in [3.8, 4) is 0 Å². The first kappa shape index (κ1) is 96.8. The third kappa shape index (κ3) is 72.6. The molecule has 548 valence electrons. The molecular formula is C66H137B2N2O20P2-. The van der Waals surface area contributed by atoms with Gasteiger partial charge in [-0.3, -0.25) is 27.7 Å². The lowest BCUT2D eigenvalue weighted by atomic mass is 9.86. The minimum absolute atomic E-state index is 0.0299. The maximum absolute atomic E-state index is 12.6. The van der Waals surface area contributed by atoms with Gasteiger partial charge in [-0.2, -0.15) is 0 Å². The van der Waals surface area contributed by atoms with Crippen molar-refractivity contribution < 1.29 is 94.9 Å². The van der Waals surface area contributed by atoms with Crippen molar-refractivity contribution >= 4 is 41.7 Å². The molecule has 0 aromatic rings. The molecule has 5 unspecified atom stereocenters. The summed E-state index contributed by atoms with van der Waals surface area (Å²) >= 11 is 0. The maximum Gasteiger partial charge on any atom is 0.474 e. The Morgan fingerprint density at radius 3 is 1.30 bits per heavy atom. The minimum Gasteiger partial charge on any atom is -0.756 e. The average Bonchev–Trinajstić information content (AvgIpc) is 3.42. The number of carbonyl (C=O) groups is 2. The first-order valence-corrected chi connectivity index (χ1v) is 38.2. The minimum atomic E-state index is -4.56. The standard InChI is InChI=1S/C43H81O8P.C12H29BNO7P.C7H16O3.C4H12BNO2/c1-4-7-10-12-14-16-18-20-22-24-26-28-30-32-34-36-42(44)48-39-41(40-50-52(46,47)49-38-9-6-3)51-43(45)37-35-33-31-29-27-25-23-21-19-17-15-13-11-8-5-2;1-6-18-10-12(19-7-2)11-21-22(16,17-5)20-9-8-14(4)13(3)15;1-3-9-6-7(5-8)10-4-2;1-5(8)6(2)3-4-7/h20-23,41H,4-19,24-40H2,1-3H3,(H,46,47);12,15H,6-11H2,1-5H3;7-8H,3-6H2,1-2H3;7-8H,3-4H2,1-2H3/p-1/b22-20+,23-21+;;;. The number of likely N-dealkylation sites (N-methyl/N-ethyl adjacent to an activating group) is 2. The molecule has 0 aromatic carbocycles. The number of allylic oxidation sites excluding steroid dienone is 4. The highest BCUT2D eigenvalue weighted by atomic mass is 31.2. The van der Waals surface area contributed by atoms with Crippen LogP contribution in [0.15, 0.2) is 24.3 Å². The number of aliphatic hydroxyl groups is 2. The number of rotatable bonds is 63. The Labute approximate surface area is 561 Å². The van der Waals surface area contributed by atoms with E-state index in [0.29, 0.717) is 65.6 Å². The second-order valence-electron chi connectivity index (χ2n) is 22.8.